The van der Waals surface area contributed by atoms with Gasteiger partial charge >= 0.3 is 0 Å². The van der Waals surface area contributed by atoms with Gasteiger partial charge in [0, 0.05) is 0 Å². The van der Waals surface area contributed by atoms with E-state index >= 15 is 0 Å². The van der Waals surface area contributed by atoms with E-state index in [1.165, 1.54) is 6.92 Å². The van der Waals surface area contributed by atoms with E-state index < -0.39 is 105 Å². The highest BCUT2D eigenvalue weighted by atomic mass is 16.8. The van der Waals surface area contributed by atoms with Crippen LogP contribution in [0.25, 0.3) is 0 Å². The van der Waals surface area contributed by atoms with Crippen LogP contribution in [0.3, 0.4) is 0 Å². The van der Waals surface area contributed by atoms with Crippen molar-refractivity contribution < 1.29 is 74.7 Å². The third-order valence-electron chi connectivity index (χ3n) is 6.05. The summed E-state index contributed by atoms with van der Waals surface area (Å²) in [7, 11) is 0. The Labute approximate surface area is 187 Å². The summed E-state index contributed by atoms with van der Waals surface area (Å²) < 4.78 is 26.9. The molecule has 0 amide bonds. The van der Waals surface area contributed by atoms with Gasteiger partial charge in [-0.25, -0.2) is 0 Å². The van der Waals surface area contributed by atoms with Crippen LogP contribution in [0.15, 0.2) is 0 Å². The molecular formula is C18H32O15. The molecule has 3 rings (SSSR count). The van der Waals surface area contributed by atoms with Gasteiger partial charge in [-0.15, -0.1) is 0 Å². The molecule has 0 aromatic rings. The van der Waals surface area contributed by atoms with Crippen LogP contribution < -0.4 is 0 Å². The maximum atomic E-state index is 10.6. The van der Waals surface area contributed by atoms with Crippen LogP contribution in [0.5, 0.6) is 0 Å². The molecule has 0 bridgehead atoms. The summed E-state index contributed by atoms with van der Waals surface area (Å²) in [6, 6.07) is 0. The molecule has 15 heteroatoms. The Balaban J connectivity index is 1.83. The maximum Gasteiger partial charge on any atom is 0.187 e. The fourth-order valence-corrected chi connectivity index (χ4v) is 3.98. The van der Waals surface area contributed by atoms with E-state index in [1.807, 2.05) is 0 Å². The quantitative estimate of drug-likeness (QED) is 0.167. The smallest absolute Gasteiger partial charge is 0.187 e. The minimum Gasteiger partial charge on any atom is -0.394 e. The number of aliphatic hydroxyl groups excluding tert-OH is 10. The molecule has 0 saturated carbocycles. The highest BCUT2D eigenvalue weighted by Gasteiger charge is 2.53. The summed E-state index contributed by atoms with van der Waals surface area (Å²) >= 11 is 0. The molecule has 3 heterocycles. The molecule has 0 aliphatic carbocycles. The van der Waals surface area contributed by atoms with Gasteiger partial charge in [-0.1, -0.05) is 0 Å². The van der Waals surface area contributed by atoms with Crippen molar-refractivity contribution in [2.45, 2.75) is 99.0 Å². The van der Waals surface area contributed by atoms with E-state index in [1.54, 1.807) is 0 Å². The van der Waals surface area contributed by atoms with Crippen LogP contribution in [0.1, 0.15) is 6.92 Å². The highest BCUT2D eigenvalue weighted by Crippen LogP contribution is 2.32. The lowest BCUT2D eigenvalue weighted by Gasteiger charge is -2.48. The number of rotatable bonds is 6. The second kappa shape index (κ2) is 11.0. The van der Waals surface area contributed by atoms with Crippen LogP contribution in [-0.2, 0) is 23.7 Å². The number of aliphatic hydroxyl groups is 10. The predicted octanol–water partition coefficient (Wildman–Crippen LogP) is -6.55. The van der Waals surface area contributed by atoms with Gasteiger partial charge in [0.2, 0.25) is 0 Å². The van der Waals surface area contributed by atoms with E-state index in [9.17, 15) is 51.1 Å². The summed E-state index contributed by atoms with van der Waals surface area (Å²) in [4.78, 5) is 0. The topological polar surface area (TPSA) is 248 Å². The summed E-state index contributed by atoms with van der Waals surface area (Å²) in [6.45, 7) is -0.128. The molecule has 0 aromatic carbocycles. The lowest BCUT2D eigenvalue weighted by atomic mass is 9.96. The van der Waals surface area contributed by atoms with E-state index in [-0.39, 0.29) is 0 Å². The molecule has 194 valence electrons. The van der Waals surface area contributed by atoms with E-state index in [2.05, 4.69) is 0 Å². The van der Waals surface area contributed by atoms with Crippen molar-refractivity contribution in [3.8, 4) is 0 Å². The van der Waals surface area contributed by atoms with Crippen LogP contribution in [-0.4, -0.2) is 156 Å². The number of hydrogen-bond donors (Lipinski definition) is 10. The molecule has 0 spiro atoms. The molecule has 3 aliphatic heterocycles. The predicted molar refractivity (Wildman–Crippen MR) is 99.8 cm³/mol. The molecule has 0 aromatic heterocycles. The molecule has 3 saturated heterocycles. The first-order valence-corrected chi connectivity index (χ1v) is 10.4. The first kappa shape index (κ1) is 27.0. The van der Waals surface area contributed by atoms with Gasteiger partial charge in [0.25, 0.3) is 0 Å². The molecule has 15 atom stereocenters. The van der Waals surface area contributed by atoms with E-state index in [4.69, 9.17) is 23.7 Å². The largest absolute Gasteiger partial charge is 0.394 e. The molecule has 0 radical (unpaired) electrons. The van der Waals surface area contributed by atoms with Gasteiger partial charge in [-0.05, 0) is 6.92 Å². The Morgan fingerprint density at radius 3 is 1.73 bits per heavy atom. The van der Waals surface area contributed by atoms with Crippen LogP contribution >= 0.6 is 0 Å². The Morgan fingerprint density at radius 2 is 1.12 bits per heavy atom. The molecule has 15 nitrogen and oxygen atoms in total. The number of hydrogen-bond acceptors (Lipinski definition) is 15. The van der Waals surface area contributed by atoms with Crippen molar-refractivity contribution in [2.24, 2.45) is 0 Å². The van der Waals surface area contributed by atoms with Gasteiger partial charge in [-0.2, -0.15) is 0 Å². The fourth-order valence-electron chi connectivity index (χ4n) is 3.98. The molecule has 33 heavy (non-hydrogen) atoms. The molecule has 10 N–H and O–H groups in total. The monoisotopic (exact) mass is 488 g/mol. The van der Waals surface area contributed by atoms with Crippen molar-refractivity contribution in [1.82, 2.24) is 0 Å². The standard InChI is InChI=1S/C18H32O15/c1-4-7(21)9(23)13(27)17(29-4)33-15-10(24)8(22)5(2-19)31-18(15)32-14-6(3-20)30-16(28)12(26)11(14)25/h4-28H,2-3H2,1H3/t4?,5?,6-,7+,8-,9-,10-,11?,12?,13?,14+,15?,16+,17-,18-/m0/s1. The van der Waals surface area contributed by atoms with E-state index in [0.29, 0.717) is 0 Å². The zero-order chi connectivity index (χ0) is 24.6. The summed E-state index contributed by atoms with van der Waals surface area (Å²) in [5, 5.41) is 99.8. The summed E-state index contributed by atoms with van der Waals surface area (Å²) in [5.41, 5.74) is 0. The Bertz CT molecular complexity index is 624. The average Bonchev–Trinajstić information content (AvgIpc) is 2.80. The van der Waals surface area contributed by atoms with Crippen LogP contribution in [0, 0.1) is 0 Å². The Kier molecular flexibility index (Phi) is 8.99. The van der Waals surface area contributed by atoms with Crippen LogP contribution in [0.4, 0.5) is 0 Å². The average molecular weight is 488 g/mol. The van der Waals surface area contributed by atoms with E-state index in [0.717, 1.165) is 0 Å². The summed E-state index contributed by atoms with van der Waals surface area (Å²) in [6.07, 6.45) is -24.1. The Hall–Kier alpha value is -0.600. The first-order chi connectivity index (χ1) is 15.5. The SMILES string of the molecule is CC1O[C@@H](OC2[C@H](O[C@H]3C(O)C(O)[C@H](O)O[C@H]3CO)OC(CO)[C@H](O)[C@@H]2O)C(O)[C@@H](O)[C@@H]1O. The molecular weight excluding hydrogens is 456 g/mol. The van der Waals surface area contributed by atoms with Gasteiger partial charge in [0.15, 0.2) is 18.9 Å². The molecule has 3 aliphatic rings. The fraction of sp³-hybridized carbons (Fsp3) is 1.00. The minimum atomic E-state index is -1.83. The lowest BCUT2D eigenvalue weighted by Crippen LogP contribution is -2.66. The third kappa shape index (κ3) is 5.32. The van der Waals surface area contributed by atoms with Crippen molar-refractivity contribution in [3.63, 3.8) is 0 Å². The van der Waals surface area contributed by atoms with Gasteiger partial charge in [0.05, 0.1) is 19.3 Å². The Morgan fingerprint density at radius 1 is 0.545 bits per heavy atom. The normalized spacial score (nSPS) is 53.7. The minimum absolute atomic E-state index is 0.760. The molecule has 3 fully saturated rings. The second-order valence-electron chi connectivity index (χ2n) is 8.32. The van der Waals surface area contributed by atoms with Crippen molar-refractivity contribution in [2.75, 3.05) is 13.2 Å². The third-order valence-corrected chi connectivity index (χ3v) is 6.05. The second-order valence-corrected chi connectivity index (χ2v) is 8.32. The van der Waals surface area contributed by atoms with Crippen molar-refractivity contribution in [3.05, 3.63) is 0 Å². The van der Waals surface area contributed by atoms with Gasteiger partial charge in [0.1, 0.15) is 67.1 Å². The van der Waals surface area contributed by atoms with Crippen LogP contribution in [0.2, 0.25) is 0 Å². The zero-order valence-electron chi connectivity index (χ0n) is 17.6. The van der Waals surface area contributed by atoms with Crippen molar-refractivity contribution >= 4 is 0 Å². The van der Waals surface area contributed by atoms with Gasteiger partial charge in [-0.3, -0.25) is 0 Å². The van der Waals surface area contributed by atoms with Gasteiger partial charge < -0.3 is 74.7 Å². The maximum absolute atomic E-state index is 10.6. The highest BCUT2D eigenvalue weighted by molar-refractivity contribution is 4.95. The lowest BCUT2D eigenvalue weighted by molar-refractivity contribution is -0.385. The zero-order valence-corrected chi connectivity index (χ0v) is 17.6. The molecule has 6 unspecified atom stereocenters. The first-order valence-electron chi connectivity index (χ1n) is 10.4. The summed E-state index contributed by atoms with van der Waals surface area (Å²) in [5.74, 6) is 0. The number of ether oxygens (including phenoxy) is 5. The van der Waals surface area contributed by atoms with Crippen molar-refractivity contribution in [1.29, 1.82) is 0 Å².